The summed E-state index contributed by atoms with van der Waals surface area (Å²) >= 11 is 0. The Balaban J connectivity index is 1.78. The van der Waals surface area contributed by atoms with Crippen LogP contribution in [0.5, 0.6) is 0 Å². The predicted molar refractivity (Wildman–Crippen MR) is 83.8 cm³/mol. The van der Waals surface area contributed by atoms with Crippen molar-refractivity contribution in [2.24, 2.45) is 5.92 Å². The van der Waals surface area contributed by atoms with Crippen molar-refractivity contribution in [2.45, 2.75) is 40.2 Å². The molecule has 0 aliphatic carbocycles. The SMILES string of the molecule is Cc1nc(CNC(=O)CC(C)Cc2cccc(F)c2)[nH]c1C. The summed E-state index contributed by atoms with van der Waals surface area (Å²) in [5.74, 6) is 0.663. The Morgan fingerprint density at radius 1 is 1.41 bits per heavy atom. The van der Waals surface area contributed by atoms with Gasteiger partial charge in [0, 0.05) is 12.1 Å². The van der Waals surface area contributed by atoms with Gasteiger partial charge in [0.1, 0.15) is 11.6 Å². The highest BCUT2D eigenvalue weighted by Crippen LogP contribution is 2.13. The van der Waals surface area contributed by atoms with Gasteiger partial charge in [0.15, 0.2) is 0 Å². The lowest BCUT2D eigenvalue weighted by molar-refractivity contribution is -0.122. The van der Waals surface area contributed by atoms with Gasteiger partial charge in [-0.1, -0.05) is 19.1 Å². The van der Waals surface area contributed by atoms with E-state index in [1.807, 2.05) is 26.8 Å². The number of aryl methyl sites for hydroxylation is 2. The highest BCUT2D eigenvalue weighted by atomic mass is 19.1. The van der Waals surface area contributed by atoms with Gasteiger partial charge in [-0.2, -0.15) is 0 Å². The molecule has 1 aromatic heterocycles. The number of carbonyl (C=O) groups is 1. The third-order valence-electron chi connectivity index (χ3n) is 3.64. The van der Waals surface area contributed by atoms with Crippen molar-refractivity contribution in [3.8, 4) is 0 Å². The fourth-order valence-corrected chi connectivity index (χ4v) is 2.41. The molecule has 0 spiro atoms. The average molecular weight is 303 g/mol. The number of hydrogen-bond donors (Lipinski definition) is 2. The van der Waals surface area contributed by atoms with Crippen molar-refractivity contribution in [1.29, 1.82) is 0 Å². The lowest BCUT2D eigenvalue weighted by atomic mass is 9.98. The molecule has 0 radical (unpaired) electrons. The number of carbonyl (C=O) groups excluding carboxylic acids is 1. The molecule has 118 valence electrons. The first-order chi connectivity index (χ1) is 10.4. The van der Waals surface area contributed by atoms with Gasteiger partial charge in [-0.05, 0) is 43.9 Å². The zero-order valence-electron chi connectivity index (χ0n) is 13.2. The molecule has 0 bridgehead atoms. The summed E-state index contributed by atoms with van der Waals surface area (Å²) in [5.41, 5.74) is 2.88. The number of imidazole rings is 1. The molecule has 0 saturated heterocycles. The molecule has 1 amide bonds. The van der Waals surface area contributed by atoms with Crippen molar-refractivity contribution in [3.05, 3.63) is 52.9 Å². The van der Waals surface area contributed by atoms with E-state index < -0.39 is 0 Å². The summed E-state index contributed by atoms with van der Waals surface area (Å²) in [6, 6.07) is 6.52. The number of aromatic amines is 1. The van der Waals surface area contributed by atoms with Gasteiger partial charge < -0.3 is 10.3 Å². The van der Waals surface area contributed by atoms with Gasteiger partial charge in [-0.3, -0.25) is 4.79 Å². The molecule has 2 N–H and O–H groups in total. The minimum absolute atomic E-state index is 0.0180. The second-order valence-electron chi connectivity index (χ2n) is 5.81. The molecule has 0 aliphatic rings. The number of rotatable bonds is 6. The minimum Gasteiger partial charge on any atom is -0.349 e. The Kier molecular flexibility index (Phi) is 5.31. The van der Waals surface area contributed by atoms with E-state index in [0.29, 0.717) is 19.4 Å². The van der Waals surface area contributed by atoms with Crippen LogP contribution in [0, 0.1) is 25.6 Å². The third-order valence-corrected chi connectivity index (χ3v) is 3.64. The zero-order chi connectivity index (χ0) is 16.1. The second kappa shape index (κ2) is 7.20. The molecule has 22 heavy (non-hydrogen) atoms. The van der Waals surface area contributed by atoms with Crippen molar-refractivity contribution < 1.29 is 9.18 Å². The molecule has 1 heterocycles. The first-order valence-corrected chi connectivity index (χ1v) is 7.47. The Bertz CT molecular complexity index is 632. The van der Waals surface area contributed by atoms with Gasteiger partial charge in [0.2, 0.25) is 5.91 Å². The van der Waals surface area contributed by atoms with E-state index in [9.17, 15) is 9.18 Å². The van der Waals surface area contributed by atoms with E-state index >= 15 is 0 Å². The summed E-state index contributed by atoms with van der Waals surface area (Å²) in [7, 11) is 0. The molecule has 0 fully saturated rings. The minimum atomic E-state index is -0.238. The van der Waals surface area contributed by atoms with Gasteiger partial charge in [0.25, 0.3) is 0 Å². The summed E-state index contributed by atoms with van der Waals surface area (Å²) in [6.45, 7) is 6.28. The highest BCUT2D eigenvalue weighted by Gasteiger charge is 2.11. The predicted octanol–water partition coefficient (Wildman–Crippen LogP) is 3.05. The third kappa shape index (κ3) is 4.69. The molecule has 5 heteroatoms. The Labute approximate surface area is 130 Å². The van der Waals surface area contributed by atoms with Gasteiger partial charge >= 0.3 is 0 Å². The van der Waals surface area contributed by atoms with Crippen LogP contribution in [0.4, 0.5) is 4.39 Å². The number of halogens is 1. The van der Waals surface area contributed by atoms with Crippen LogP contribution in [0.15, 0.2) is 24.3 Å². The number of aromatic nitrogens is 2. The largest absolute Gasteiger partial charge is 0.349 e. The van der Waals surface area contributed by atoms with E-state index in [4.69, 9.17) is 0 Å². The van der Waals surface area contributed by atoms with Gasteiger partial charge in [-0.25, -0.2) is 9.37 Å². The van der Waals surface area contributed by atoms with Crippen LogP contribution < -0.4 is 5.32 Å². The maximum atomic E-state index is 13.1. The molecule has 1 aromatic carbocycles. The molecule has 1 unspecified atom stereocenters. The lowest BCUT2D eigenvalue weighted by Crippen LogP contribution is -2.25. The summed E-state index contributed by atoms with van der Waals surface area (Å²) in [5, 5.41) is 2.86. The summed E-state index contributed by atoms with van der Waals surface area (Å²) < 4.78 is 13.1. The van der Waals surface area contributed by atoms with E-state index in [-0.39, 0.29) is 17.6 Å². The van der Waals surface area contributed by atoms with Crippen molar-refractivity contribution in [2.75, 3.05) is 0 Å². The van der Waals surface area contributed by atoms with Crippen LogP contribution in [0.2, 0.25) is 0 Å². The zero-order valence-corrected chi connectivity index (χ0v) is 13.2. The van der Waals surface area contributed by atoms with Crippen molar-refractivity contribution in [3.63, 3.8) is 0 Å². The molecular weight excluding hydrogens is 281 g/mol. The molecule has 1 atom stereocenters. The Hall–Kier alpha value is -2.17. The quantitative estimate of drug-likeness (QED) is 0.861. The topological polar surface area (TPSA) is 57.8 Å². The lowest BCUT2D eigenvalue weighted by Gasteiger charge is -2.11. The number of amides is 1. The van der Waals surface area contributed by atoms with E-state index in [2.05, 4.69) is 15.3 Å². The monoisotopic (exact) mass is 303 g/mol. The van der Waals surface area contributed by atoms with Gasteiger partial charge in [0.05, 0.1) is 12.2 Å². The first-order valence-electron chi connectivity index (χ1n) is 7.47. The number of benzene rings is 1. The molecule has 0 saturated carbocycles. The van der Waals surface area contributed by atoms with E-state index in [1.165, 1.54) is 12.1 Å². The Morgan fingerprint density at radius 3 is 2.82 bits per heavy atom. The van der Waals surface area contributed by atoms with Crippen LogP contribution in [-0.2, 0) is 17.8 Å². The van der Waals surface area contributed by atoms with Crippen LogP contribution in [-0.4, -0.2) is 15.9 Å². The van der Waals surface area contributed by atoms with Crippen LogP contribution >= 0.6 is 0 Å². The second-order valence-corrected chi connectivity index (χ2v) is 5.81. The Morgan fingerprint density at radius 2 is 2.18 bits per heavy atom. The summed E-state index contributed by atoms with van der Waals surface area (Å²) in [6.07, 6.45) is 1.10. The number of H-pyrrole nitrogens is 1. The van der Waals surface area contributed by atoms with Crippen LogP contribution in [0.25, 0.3) is 0 Å². The smallest absolute Gasteiger partial charge is 0.220 e. The first kappa shape index (κ1) is 16.2. The number of hydrogen-bond acceptors (Lipinski definition) is 2. The van der Waals surface area contributed by atoms with E-state index in [0.717, 1.165) is 22.8 Å². The van der Waals surface area contributed by atoms with E-state index in [1.54, 1.807) is 6.07 Å². The molecule has 0 aliphatic heterocycles. The van der Waals surface area contributed by atoms with Gasteiger partial charge in [-0.15, -0.1) is 0 Å². The molecule has 2 aromatic rings. The normalized spacial score (nSPS) is 12.2. The van der Waals surface area contributed by atoms with Crippen LogP contribution in [0.3, 0.4) is 0 Å². The van der Waals surface area contributed by atoms with Crippen molar-refractivity contribution in [1.82, 2.24) is 15.3 Å². The summed E-state index contributed by atoms with van der Waals surface area (Å²) in [4.78, 5) is 19.4. The molecule has 4 nitrogen and oxygen atoms in total. The van der Waals surface area contributed by atoms with Crippen molar-refractivity contribution >= 4 is 5.91 Å². The maximum Gasteiger partial charge on any atom is 0.220 e. The average Bonchev–Trinajstić information content (AvgIpc) is 2.75. The fraction of sp³-hybridized carbons (Fsp3) is 0.412. The standard InChI is InChI=1S/C17H22FN3O/c1-11(7-14-5-4-6-15(18)9-14)8-17(22)19-10-16-20-12(2)13(3)21-16/h4-6,9,11H,7-8,10H2,1-3H3,(H,19,22)(H,20,21). The number of nitrogens with one attached hydrogen (secondary N) is 2. The van der Waals surface area contributed by atoms with Crippen LogP contribution in [0.1, 0.15) is 36.1 Å². The highest BCUT2D eigenvalue weighted by molar-refractivity contribution is 5.76. The fourth-order valence-electron chi connectivity index (χ4n) is 2.41. The maximum absolute atomic E-state index is 13.1. The molecule has 2 rings (SSSR count). The number of nitrogens with zero attached hydrogens (tertiary/aromatic N) is 1. The molecular formula is C17H22FN3O.